The van der Waals surface area contributed by atoms with Gasteiger partial charge < -0.3 is 14.4 Å². The third-order valence-corrected chi connectivity index (χ3v) is 8.29. The molecule has 0 fully saturated rings. The Hall–Kier alpha value is -2.75. The molecule has 2 heterocycles. The lowest BCUT2D eigenvalue weighted by molar-refractivity contribution is 0.104. The van der Waals surface area contributed by atoms with Crippen molar-refractivity contribution in [3.8, 4) is 11.5 Å². The second-order valence-electron chi connectivity index (χ2n) is 11.3. The van der Waals surface area contributed by atoms with Crippen molar-refractivity contribution in [2.75, 3.05) is 31.2 Å². The molecule has 2 aromatic rings. The Morgan fingerprint density at radius 1 is 0.763 bits per heavy atom. The summed E-state index contributed by atoms with van der Waals surface area (Å²) in [5.74, 6) is 1.66. The minimum atomic E-state index is 0.137. The monoisotopic (exact) mass is 515 g/mol. The van der Waals surface area contributed by atoms with Gasteiger partial charge in [0.15, 0.2) is 17.3 Å². The second-order valence-corrected chi connectivity index (χ2v) is 11.3. The van der Waals surface area contributed by atoms with Crippen LogP contribution in [0.5, 0.6) is 11.5 Å². The van der Waals surface area contributed by atoms with Crippen molar-refractivity contribution in [3.05, 3.63) is 57.7 Å². The van der Waals surface area contributed by atoms with E-state index in [1.54, 1.807) is 0 Å². The highest BCUT2D eigenvalue weighted by molar-refractivity contribution is 6.16. The molecule has 2 aliphatic heterocycles. The van der Waals surface area contributed by atoms with Gasteiger partial charge in [0, 0.05) is 36.3 Å². The number of ketones is 1. The molecular formula is C34H45NO3. The molecule has 0 saturated carbocycles. The number of fused-ring (bicyclic) bond motifs is 1. The van der Waals surface area contributed by atoms with E-state index in [2.05, 4.69) is 43.0 Å². The number of ether oxygens (including phenoxy) is 2. The van der Waals surface area contributed by atoms with Gasteiger partial charge in [0.1, 0.15) is 0 Å². The quantitative estimate of drug-likeness (QED) is 0.199. The van der Waals surface area contributed by atoms with E-state index in [1.807, 2.05) is 6.07 Å². The molecule has 4 heteroatoms. The standard InChI is InChI=1S/C34H45NO3/c1-3-5-7-9-17-37-31-23-28-22-29(34(36)30(28)24-32(31)38-18-10-8-6-4-2)21-25-19-26-13-11-15-35-16-12-14-27(20-25)33(26)35/h19-21,23-24H,3-18,22H2,1-2H3/b29-21-. The molecule has 0 atom stereocenters. The molecule has 2 aromatic carbocycles. The largest absolute Gasteiger partial charge is 0.490 e. The molecule has 4 nitrogen and oxygen atoms in total. The highest BCUT2D eigenvalue weighted by Crippen LogP contribution is 2.40. The molecule has 204 valence electrons. The Balaban J connectivity index is 1.36. The summed E-state index contributed by atoms with van der Waals surface area (Å²) in [6, 6.07) is 8.68. The first-order valence-electron chi connectivity index (χ1n) is 15.3. The predicted molar refractivity (Wildman–Crippen MR) is 157 cm³/mol. The number of anilines is 1. The smallest absolute Gasteiger partial charge is 0.189 e. The van der Waals surface area contributed by atoms with E-state index in [0.717, 1.165) is 53.9 Å². The number of unbranched alkanes of at least 4 members (excludes halogenated alkanes) is 6. The Kier molecular flexibility index (Phi) is 9.09. The van der Waals surface area contributed by atoms with Gasteiger partial charge in [0.25, 0.3) is 0 Å². The van der Waals surface area contributed by atoms with Gasteiger partial charge in [-0.15, -0.1) is 0 Å². The van der Waals surface area contributed by atoms with Crippen LogP contribution in [0.25, 0.3) is 6.08 Å². The topological polar surface area (TPSA) is 38.8 Å². The summed E-state index contributed by atoms with van der Waals surface area (Å²) in [5.41, 5.74) is 8.30. The zero-order chi connectivity index (χ0) is 26.3. The highest BCUT2D eigenvalue weighted by Gasteiger charge is 2.29. The van der Waals surface area contributed by atoms with E-state index in [0.29, 0.717) is 19.6 Å². The van der Waals surface area contributed by atoms with Crippen LogP contribution >= 0.6 is 0 Å². The van der Waals surface area contributed by atoms with E-state index in [4.69, 9.17) is 9.47 Å². The fourth-order valence-corrected chi connectivity index (χ4v) is 6.30. The highest BCUT2D eigenvalue weighted by atomic mass is 16.5. The van der Waals surface area contributed by atoms with Crippen LogP contribution < -0.4 is 14.4 Å². The Bertz CT molecular complexity index is 1130. The average Bonchev–Trinajstić information content (AvgIpc) is 3.22. The van der Waals surface area contributed by atoms with Gasteiger partial charge in [-0.3, -0.25) is 4.79 Å². The molecule has 0 amide bonds. The maximum Gasteiger partial charge on any atom is 0.189 e. The Morgan fingerprint density at radius 3 is 1.97 bits per heavy atom. The first kappa shape index (κ1) is 26.8. The van der Waals surface area contributed by atoms with Crippen LogP contribution in [0.2, 0.25) is 0 Å². The molecule has 0 unspecified atom stereocenters. The van der Waals surface area contributed by atoms with Crippen molar-refractivity contribution in [2.45, 2.75) is 97.3 Å². The van der Waals surface area contributed by atoms with Crippen molar-refractivity contribution in [3.63, 3.8) is 0 Å². The first-order chi connectivity index (χ1) is 18.7. The van der Waals surface area contributed by atoms with E-state index < -0.39 is 0 Å². The van der Waals surface area contributed by atoms with Gasteiger partial charge in [-0.25, -0.2) is 0 Å². The van der Waals surface area contributed by atoms with Gasteiger partial charge in [-0.1, -0.05) is 52.4 Å². The minimum Gasteiger partial charge on any atom is -0.490 e. The zero-order valence-corrected chi connectivity index (χ0v) is 23.6. The Morgan fingerprint density at radius 2 is 1.37 bits per heavy atom. The lowest BCUT2D eigenvalue weighted by Gasteiger charge is -2.37. The van der Waals surface area contributed by atoms with Crippen molar-refractivity contribution >= 4 is 17.5 Å². The molecule has 0 bridgehead atoms. The molecule has 0 radical (unpaired) electrons. The maximum atomic E-state index is 13.5. The number of aryl methyl sites for hydroxylation is 2. The fourth-order valence-electron chi connectivity index (χ4n) is 6.30. The van der Waals surface area contributed by atoms with Crippen LogP contribution in [0, 0.1) is 0 Å². The average molecular weight is 516 g/mol. The number of hydrogen-bond donors (Lipinski definition) is 0. The number of benzene rings is 2. The third-order valence-electron chi connectivity index (χ3n) is 8.29. The van der Waals surface area contributed by atoms with Gasteiger partial charge in [-0.05, 0) is 91.1 Å². The van der Waals surface area contributed by atoms with Crippen molar-refractivity contribution in [1.82, 2.24) is 0 Å². The molecule has 5 rings (SSSR count). The molecular weight excluding hydrogens is 470 g/mol. The number of allylic oxidation sites excluding steroid dienone is 1. The van der Waals surface area contributed by atoms with Crippen LogP contribution in [0.4, 0.5) is 5.69 Å². The molecule has 38 heavy (non-hydrogen) atoms. The number of nitrogens with zero attached hydrogens (tertiary/aromatic N) is 1. The summed E-state index contributed by atoms with van der Waals surface area (Å²) >= 11 is 0. The van der Waals surface area contributed by atoms with Gasteiger partial charge in [-0.2, -0.15) is 0 Å². The summed E-state index contributed by atoms with van der Waals surface area (Å²) in [5, 5.41) is 0. The number of rotatable bonds is 13. The third kappa shape index (κ3) is 6.11. The normalized spacial score (nSPS) is 17.1. The van der Waals surface area contributed by atoms with Crippen molar-refractivity contribution in [1.29, 1.82) is 0 Å². The number of carbonyl (C=O) groups excluding carboxylic acids is 1. The lowest BCUT2D eigenvalue weighted by atomic mass is 9.89. The van der Waals surface area contributed by atoms with Crippen molar-refractivity contribution < 1.29 is 14.3 Å². The lowest BCUT2D eigenvalue weighted by Crippen LogP contribution is -2.34. The fraction of sp³-hybridized carbons (Fsp3) is 0.559. The summed E-state index contributed by atoms with van der Waals surface area (Å²) in [4.78, 5) is 16.1. The van der Waals surface area contributed by atoms with Gasteiger partial charge in [0.05, 0.1) is 13.2 Å². The Labute approximate surface area is 229 Å². The van der Waals surface area contributed by atoms with E-state index >= 15 is 0 Å². The van der Waals surface area contributed by atoms with E-state index in [9.17, 15) is 4.79 Å². The van der Waals surface area contributed by atoms with Crippen molar-refractivity contribution in [2.24, 2.45) is 0 Å². The molecule has 1 aliphatic carbocycles. The number of Topliss-reactive ketones (excluding diaryl/α,β-unsaturated/α-hetero) is 1. The van der Waals surface area contributed by atoms with E-state index in [-0.39, 0.29) is 5.78 Å². The first-order valence-corrected chi connectivity index (χ1v) is 15.3. The van der Waals surface area contributed by atoms with Crippen LogP contribution in [-0.4, -0.2) is 32.1 Å². The summed E-state index contributed by atoms with van der Waals surface area (Å²) < 4.78 is 12.4. The summed E-state index contributed by atoms with van der Waals surface area (Å²) in [6.07, 6.45) is 16.8. The SMILES string of the molecule is CCCCCCOc1cc2c(cc1OCCCCCC)C(=O)/C(=C\c1cc3c4c(c1)CCCN4CCC3)C2. The van der Waals surface area contributed by atoms with Crippen LogP contribution in [-0.2, 0) is 19.3 Å². The molecule has 0 aromatic heterocycles. The van der Waals surface area contributed by atoms with Crippen LogP contribution in [0.1, 0.15) is 111 Å². The number of carbonyl (C=O) groups is 1. The molecule has 0 spiro atoms. The molecule has 0 N–H and O–H groups in total. The second kappa shape index (κ2) is 12.9. The zero-order valence-electron chi connectivity index (χ0n) is 23.6. The van der Waals surface area contributed by atoms with Gasteiger partial charge in [0.2, 0.25) is 0 Å². The number of hydrogen-bond acceptors (Lipinski definition) is 4. The summed E-state index contributed by atoms with van der Waals surface area (Å²) in [6.45, 7) is 8.16. The van der Waals surface area contributed by atoms with Crippen LogP contribution in [0.3, 0.4) is 0 Å². The molecule has 0 saturated heterocycles. The summed E-state index contributed by atoms with van der Waals surface area (Å²) in [7, 11) is 0. The minimum absolute atomic E-state index is 0.137. The molecule has 3 aliphatic rings. The van der Waals surface area contributed by atoms with E-state index in [1.165, 1.54) is 86.8 Å². The predicted octanol–water partition coefficient (Wildman–Crippen LogP) is 8.13. The van der Waals surface area contributed by atoms with Gasteiger partial charge >= 0.3 is 0 Å². The van der Waals surface area contributed by atoms with Crippen LogP contribution in [0.15, 0.2) is 29.8 Å². The maximum absolute atomic E-state index is 13.5.